The average molecular weight is 276 g/mol. The van der Waals surface area contributed by atoms with Crippen molar-refractivity contribution in [3.05, 3.63) is 0 Å². The molecule has 4 nitrogen and oxygen atoms in total. The number of rotatable bonds is 4. The zero-order valence-electron chi connectivity index (χ0n) is 11.3. The summed E-state index contributed by atoms with van der Waals surface area (Å²) in [4.78, 5) is 11.8. The number of halogens is 2. The Bertz CT molecular complexity index is 318. The maximum absolute atomic E-state index is 13.0. The molecule has 1 heterocycles. The summed E-state index contributed by atoms with van der Waals surface area (Å²) in [5, 5.41) is 5.36. The van der Waals surface area contributed by atoms with Crippen molar-refractivity contribution >= 4 is 5.91 Å². The number of hydrogen-bond donors (Lipinski definition) is 2. The highest BCUT2D eigenvalue weighted by atomic mass is 19.3. The van der Waals surface area contributed by atoms with Crippen LogP contribution in [0.4, 0.5) is 8.78 Å². The van der Waals surface area contributed by atoms with Gasteiger partial charge in [0.2, 0.25) is 5.91 Å². The minimum atomic E-state index is -2.75. The van der Waals surface area contributed by atoms with E-state index in [0.29, 0.717) is 18.6 Å². The third-order valence-electron chi connectivity index (χ3n) is 4.12. The van der Waals surface area contributed by atoms with E-state index in [1.54, 1.807) is 7.11 Å². The van der Waals surface area contributed by atoms with Crippen molar-refractivity contribution in [1.29, 1.82) is 0 Å². The minimum absolute atomic E-state index is 0.300. The normalized spacial score (nSPS) is 34.2. The van der Waals surface area contributed by atoms with Gasteiger partial charge in [0.05, 0.1) is 18.7 Å². The van der Waals surface area contributed by atoms with Gasteiger partial charge in [-0.05, 0) is 31.6 Å². The van der Waals surface area contributed by atoms with Gasteiger partial charge in [0.1, 0.15) is 0 Å². The van der Waals surface area contributed by atoms with E-state index in [1.807, 2.05) is 0 Å². The van der Waals surface area contributed by atoms with E-state index in [-0.39, 0.29) is 5.91 Å². The highest BCUT2D eigenvalue weighted by molar-refractivity contribution is 5.82. The number of methoxy groups -OCH3 is 1. The number of carbonyl (C=O) groups is 1. The van der Waals surface area contributed by atoms with E-state index in [1.165, 1.54) is 0 Å². The van der Waals surface area contributed by atoms with Crippen LogP contribution in [0.5, 0.6) is 0 Å². The zero-order chi connectivity index (χ0) is 13.9. The van der Waals surface area contributed by atoms with Crippen LogP contribution < -0.4 is 10.6 Å². The Morgan fingerprint density at radius 3 is 2.58 bits per heavy atom. The Morgan fingerprint density at radius 2 is 2.05 bits per heavy atom. The van der Waals surface area contributed by atoms with Gasteiger partial charge in [-0.2, -0.15) is 0 Å². The average Bonchev–Trinajstić information content (AvgIpc) is 2.77. The Balaban J connectivity index is 1.67. The molecule has 19 heavy (non-hydrogen) atoms. The third kappa shape index (κ3) is 4.11. The van der Waals surface area contributed by atoms with Crippen LogP contribution in [0.2, 0.25) is 0 Å². The summed E-state index contributed by atoms with van der Waals surface area (Å²) in [7, 11) is 1.72. The molecule has 2 rings (SSSR count). The number of alkyl halides is 2. The van der Waals surface area contributed by atoms with E-state index < -0.39 is 24.9 Å². The van der Waals surface area contributed by atoms with Crippen LogP contribution in [0.15, 0.2) is 0 Å². The maximum Gasteiger partial charge on any atom is 0.262 e. The SMILES string of the molecule is COC1CCC(CNC(=O)C2CC(F)(F)CN2)CC1. The van der Waals surface area contributed by atoms with Gasteiger partial charge in [0.25, 0.3) is 5.92 Å². The zero-order valence-corrected chi connectivity index (χ0v) is 11.3. The Hall–Kier alpha value is -0.750. The van der Waals surface area contributed by atoms with Gasteiger partial charge < -0.3 is 10.1 Å². The lowest BCUT2D eigenvalue weighted by Crippen LogP contribution is -2.42. The summed E-state index contributed by atoms with van der Waals surface area (Å²) in [6.45, 7) is 0.184. The molecule has 2 fully saturated rings. The summed E-state index contributed by atoms with van der Waals surface area (Å²) in [6.07, 6.45) is 4.00. The standard InChI is InChI=1S/C13H22F2N2O2/c1-19-10-4-2-9(3-5-10)7-16-12(18)11-6-13(14,15)8-17-11/h9-11,17H,2-8H2,1H3,(H,16,18). The molecule has 1 unspecified atom stereocenters. The molecule has 2 N–H and O–H groups in total. The molecule has 1 aliphatic heterocycles. The molecule has 110 valence electrons. The van der Waals surface area contributed by atoms with E-state index >= 15 is 0 Å². The molecule has 0 bridgehead atoms. The van der Waals surface area contributed by atoms with Gasteiger partial charge in [-0.15, -0.1) is 0 Å². The lowest BCUT2D eigenvalue weighted by Gasteiger charge is -2.27. The second kappa shape index (κ2) is 6.13. The molecule has 2 aliphatic rings. The first-order chi connectivity index (χ1) is 9.00. The molecular formula is C13H22F2N2O2. The topological polar surface area (TPSA) is 50.4 Å². The van der Waals surface area contributed by atoms with Gasteiger partial charge in [-0.25, -0.2) is 8.78 Å². The maximum atomic E-state index is 13.0. The Morgan fingerprint density at radius 1 is 1.37 bits per heavy atom. The van der Waals surface area contributed by atoms with Gasteiger partial charge in [-0.3, -0.25) is 10.1 Å². The van der Waals surface area contributed by atoms with Crippen LogP contribution in [0.3, 0.4) is 0 Å². The molecule has 1 saturated carbocycles. The van der Waals surface area contributed by atoms with Gasteiger partial charge in [0, 0.05) is 20.1 Å². The Labute approximate surface area is 112 Å². The smallest absolute Gasteiger partial charge is 0.262 e. The van der Waals surface area contributed by atoms with Gasteiger partial charge >= 0.3 is 0 Å². The molecule has 6 heteroatoms. The molecule has 1 amide bonds. The van der Waals surface area contributed by atoms with Crippen molar-refractivity contribution < 1.29 is 18.3 Å². The summed E-state index contributed by atoms with van der Waals surface area (Å²) in [5.41, 5.74) is 0. The second-order valence-electron chi connectivity index (χ2n) is 5.62. The second-order valence-corrected chi connectivity index (χ2v) is 5.62. The van der Waals surface area contributed by atoms with E-state index in [4.69, 9.17) is 4.74 Å². The number of nitrogens with one attached hydrogen (secondary N) is 2. The van der Waals surface area contributed by atoms with Crippen LogP contribution in [0, 0.1) is 5.92 Å². The van der Waals surface area contributed by atoms with Crippen molar-refractivity contribution in [2.75, 3.05) is 20.2 Å². The van der Waals surface area contributed by atoms with Crippen molar-refractivity contribution in [2.45, 2.75) is 50.2 Å². The fraction of sp³-hybridized carbons (Fsp3) is 0.923. The predicted octanol–water partition coefficient (Wildman–Crippen LogP) is 1.30. The quantitative estimate of drug-likeness (QED) is 0.814. The molecular weight excluding hydrogens is 254 g/mol. The van der Waals surface area contributed by atoms with Crippen molar-refractivity contribution in [2.24, 2.45) is 5.92 Å². The van der Waals surface area contributed by atoms with Crippen LogP contribution in [-0.4, -0.2) is 44.2 Å². The summed E-state index contributed by atoms with van der Waals surface area (Å²) in [5.74, 6) is -2.61. The lowest BCUT2D eigenvalue weighted by molar-refractivity contribution is -0.123. The highest BCUT2D eigenvalue weighted by Crippen LogP contribution is 2.26. The van der Waals surface area contributed by atoms with Crippen molar-refractivity contribution in [1.82, 2.24) is 10.6 Å². The molecule has 1 saturated heterocycles. The Kier molecular flexibility index (Phi) is 4.73. The minimum Gasteiger partial charge on any atom is -0.381 e. The molecule has 0 aromatic rings. The largest absolute Gasteiger partial charge is 0.381 e. The van der Waals surface area contributed by atoms with E-state index in [9.17, 15) is 13.6 Å². The van der Waals surface area contributed by atoms with Crippen molar-refractivity contribution in [3.63, 3.8) is 0 Å². The number of hydrogen-bond acceptors (Lipinski definition) is 3. The molecule has 0 radical (unpaired) electrons. The number of carbonyl (C=O) groups excluding carboxylic acids is 1. The fourth-order valence-corrected chi connectivity index (χ4v) is 2.84. The van der Waals surface area contributed by atoms with Gasteiger partial charge in [-0.1, -0.05) is 0 Å². The first-order valence-electron chi connectivity index (χ1n) is 6.92. The van der Waals surface area contributed by atoms with Crippen LogP contribution in [0.25, 0.3) is 0 Å². The molecule has 0 spiro atoms. The molecule has 1 atom stereocenters. The van der Waals surface area contributed by atoms with Crippen LogP contribution in [0.1, 0.15) is 32.1 Å². The highest BCUT2D eigenvalue weighted by Gasteiger charge is 2.42. The number of ether oxygens (including phenoxy) is 1. The fourth-order valence-electron chi connectivity index (χ4n) is 2.84. The number of amides is 1. The first kappa shape index (κ1) is 14.7. The summed E-state index contributed by atoms with van der Waals surface area (Å²) in [6, 6.07) is -0.745. The first-order valence-corrected chi connectivity index (χ1v) is 6.92. The summed E-state index contributed by atoms with van der Waals surface area (Å²) >= 11 is 0. The molecule has 1 aliphatic carbocycles. The monoisotopic (exact) mass is 276 g/mol. The molecule has 0 aromatic heterocycles. The summed E-state index contributed by atoms with van der Waals surface area (Å²) < 4.78 is 31.2. The van der Waals surface area contributed by atoms with E-state index in [0.717, 1.165) is 25.7 Å². The molecule has 0 aromatic carbocycles. The van der Waals surface area contributed by atoms with Crippen LogP contribution >= 0.6 is 0 Å². The van der Waals surface area contributed by atoms with Crippen molar-refractivity contribution in [3.8, 4) is 0 Å². The van der Waals surface area contributed by atoms with E-state index in [2.05, 4.69) is 10.6 Å². The van der Waals surface area contributed by atoms with Crippen LogP contribution in [-0.2, 0) is 9.53 Å². The van der Waals surface area contributed by atoms with Gasteiger partial charge in [0.15, 0.2) is 0 Å². The lowest BCUT2D eigenvalue weighted by atomic mass is 9.87. The third-order valence-corrected chi connectivity index (χ3v) is 4.12. The predicted molar refractivity (Wildman–Crippen MR) is 67.1 cm³/mol.